The Balaban J connectivity index is 3.33. The molecule has 0 aliphatic heterocycles. The highest BCUT2D eigenvalue weighted by Crippen LogP contribution is 2.29. The third-order valence-electron chi connectivity index (χ3n) is 1.41. The van der Waals surface area contributed by atoms with Gasteiger partial charge in [-0.25, -0.2) is 4.39 Å². The average Bonchev–Trinajstić information content (AvgIpc) is 2.06. The zero-order chi connectivity index (χ0) is 9.14. The van der Waals surface area contributed by atoms with Crippen LogP contribution < -0.4 is 4.74 Å². The van der Waals surface area contributed by atoms with E-state index in [1.165, 1.54) is 13.2 Å². The summed E-state index contributed by atoms with van der Waals surface area (Å²) in [6.07, 6.45) is 0.449. The van der Waals surface area contributed by atoms with Crippen LogP contribution in [0.2, 0.25) is 0 Å². The summed E-state index contributed by atoms with van der Waals surface area (Å²) in [6, 6.07) is 2.95. The minimum atomic E-state index is -0.637. The second kappa shape index (κ2) is 3.67. The number of halogens is 2. The summed E-state index contributed by atoms with van der Waals surface area (Å²) in [4.78, 5) is 10.3. The predicted molar refractivity (Wildman–Crippen MR) is 46.0 cm³/mol. The summed E-state index contributed by atoms with van der Waals surface area (Å²) < 4.78 is 18.4. The molecule has 2 nitrogen and oxygen atoms in total. The topological polar surface area (TPSA) is 26.3 Å². The van der Waals surface area contributed by atoms with Crippen LogP contribution in [-0.2, 0) is 0 Å². The Morgan fingerprint density at radius 1 is 1.58 bits per heavy atom. The lowest BCUT2D eigenvalue weighted by Crippen LogP contribution is -1.94. The van der Waals surface area contributed by atoms with Gasteiger partial charge in [-0.2, -0.15) is 0 Å². The van der Waals surface area contributed by atoms with Crippen LogP contribution in [0.5, 0.6) is 5.75 Å². The molecule has 0 saturated heterocycles. The molecule has 0 amide bonds. The number of methoxy groups -OCH3 is 1. The van der Waals surface area contributed by atoms with E-state index in [-0.39, 0.29) is 11.3 Å². The summed E-state index contributed by atoms with van der Waals surface area (Å²) >= 11 is 3.09. The largest absolute Gasteiger partial charge is 0.492 e. The molecule has 0 N–H and O–H groups in total. The molecule has 0 aliphatic rings. The van der Waals surface area contributed by atoms with E-state index in [0.717, 1.165) is 0 Å². The average molecular weight is 233 g/mol. The van der Waals surface area contributed by atoms with E-state index in [1.54, 1.807) is 6.07 Å². The molecule has 12 heavy (non-hydrogen) atoms. The summed E-state index contributed by atoms with van der Waals surface area (Å²) in [6.45, 7) is 0. The van der Waals surface area contributed by atoms with Crippen LogP contribution in [0.4, 0.5) is 4.39 Å². The number of ether oxygens (including phenoxy) is 1. The van der Waals surface area contributed by atoms with Gasteiger partial charge in [0, 0.05) is 0 Å². The second-order valence-corrected chi connectivity index (χ2v) is 2.96. The highest BCUT2D eigenvalue weighted by molar-refractivity contribution is 9.10. The molecule has 0 atom stereocenters. The van der Waals surface area contributed by atoms with Crippen molar-refractivity contribution in [2.75, 3.05) is 7.11 Å². The maximum absolute atomic E-state index is 13.1. The molecular weight excluding hydrogens is 227 g/mol. The number of aldehydes is 1. The van der Waals surface area contributed by atoms with E-state index in [9.17, 15) is 9.18 Å². The Bertz CT molecular complexity index is 312. The molecule has 0 fully saturated rings. The summed E-state index contributed by atoms with van der Waals surface area (Å²) in [5, 5.41) is 0. The zero-order valence-corrected chi connectivity index (χ0v) is 7.89. The van der Waals surface area contributed by atoms with Gasteiger partial charge in [0.2, 0.25) is 0 Å². The maximum atomic E-state index is 13.1. The molecule has 0 saturated carbocycles. The lowest BCUT2D eigenvalue weighted by Gasteiger charge is -2.04. The molecule has 0 aliphatic carbocycles. The Labute approximate surface area is 77.5 Å². The highest BCUT2D eigenvalue weighted by Gasteiger charge is 2.11. The van der Waals surface area contributed by atoms with Gasteiger partial charge in [-0.05, 0) is 28.1 Å². The summed E-state index contributed by atoms with van der Waals surface area (Å²) in [5.74, 6) is -0.582. The van der Waals surface area contributed by atoms with Gasteiger partial charge in [-0.15, -0.1) is 0 Å². The molecule has 0 unspecified atom stereocenters. The molecule has 1 aromatic rings. The lowest BCUT2D eigenvalue weighted by atomic mass is 10.2. The number of hydrogen-bond donors (Lipinski definition) is 0. The highest BCUT2D eigenvalue weighted by atomic mass is 79.9. The number of carbonyl (C=O) groups is 1. The minimum absolute atomic E-state index is 0.00458. The van der Waals surface area contributed by atoms with Gasteiger partial charge in [0.1, 0.15) is 0 Å². The van der Waals surface area contributed by atoms with E-state index in [1.807, 2.05) is 0 Å². The molecule has 1 rings (SSSR count). The standard InChI is InChI=1S/C8H6BrFO2/c1-12-8-6(9)3-2-5(4-11)7(8)10/h2-4H,1H3. The van der Waals surface area contributed by atoms with Crippen molar-refractivity contribution in [1.82, 2.24) is 0 Å². The van der Waals surface area contributed by atoms with Gasteiger partial charge in [-0.1, -0.05) is 0 Å². The van der Waals surface area contributed by atoms with Crippen molar-refractivity contribution in [2.45, 2.75) is 0 Å². The van der Waals surface area contributed by atoms with Crippen LogP contribution in [0.1, 0.15) is 10.4 Å². The SMILES string of the molecule is COc1c(Br)ccc(C=O)c1F. The maximum Gasteiger partial charge on any atom is 0.176 e. The van der Waals surface area contributed by atoms with Crippen molar-refractivity contribution < 1.29 is 13.9 Å². The van der Waals surface area contributed by atoms with E-state index in [4.69, 9.17) is 4.74 Å². The fourth-order valence-corrected chi connectivity index (χ4v) is 1.29. The minimum Gasteiger partial charge on any atom is -0.492 e. The second-order valence-electron chi connectivity index (χ2n) is 2.10. The molecule has 0 heterocycles. The molecule has 0 spiro atoms. The van der Waals surface area contributed by atoms with Crippen LogP contribution in [0, 0.1) is 5.82 Å². The predicted octanol–water partition coefficient (Wildman–Crippen LogP) is 2.41. The van der Waals surface area contributed by atoms with Gasteiger partial charge in [-0.3, -0.25) is 4.79 Å². The normalized spacial score (nSPS) is 9.58. The number of benzene rings is 1. The molecular formula is C8H6BrFO2. The smallest absolute Gasteiger partial charge is 0.176 e. The van der Waals surface area contributed by atoms with Crippen molar-refractivity contribution in [3.63, 3.8) is 0 Å². The molecule has 4 heteroatoms. The number of carbonyl (C=O) groups excluding carboxylic acids is 1. The van der Waals surface area contributed by atoms with E-state index in [0.29, 0.717) is 10.8 Å². The molecule has 0 radical (unpaired) electrons. The van der Waals surface area contributed by atoms with Crippen molar-refractivity contribution in [1.29, 1.82) is 0 Å². The Kier molecular flexibility index (Phi) is 2.81. The first-order valence-corrected chi connectivity index (χ1v) is 3.97. The number of rotatable bonds is 2. The van der Waals surface area contributed by atoms with Crippen LogP contribution in [0.25, 0.3) is 0 Å². The molecule has 64 valence electrons. The van der Waals surface area contributed by atoms with Gasteiger partial charge in [0.25, 0.3) is 0 Å². The van der Waals surface area contributed by atoms with Crippen molar-refractivity contribution >= 4 is 22.2 Å². The Morgan fingerprint density at radius 3 is 2.75 bits per heavy atom. The van der Waals surface area contributed by atoms with Gasteiger partial charge < -0.3 is 4.74 Å². The van der Waals surface area contributed by atoms with Gasteiger partial charge in [0.05, 0.1) is 17.1 Å². The Hall–Kier alpha value is -0.900. The van der Waals surface area contributed by atoms with E-state index in [2.05, 4.69) is 15.9 Å². The summed E-state index contributed by atoms with van der Waals surface area (Å²) in [5.41, 5.74) is -0.00458. The van der Waals surface area contributed by atoms with Crippen LogP contribution in [-0.4, -0.2) is 13.4 Å². The van der Waals surface area contributed by atoms with Gasteiger partial charge >= 0.3 is 0 Å². The fourth-order valence-electron chi connectivity index (χ4n) is 0.826. The molecule has 0 aromatic heterocycles. The third-order valence-corrected chi connectivity index (χ3v) is 2.03. The van der Waals surface area contributed by atoms with Crippen molar-refractivity contribution in [3.05, 3.63) is 28.0 Å². The van der Waals surface area contributed by atoms with Gasteiger partial charge in [0.15, 0.2) is 17.9 Å². The third kappa shape index (κ3) is 1.48. The first kappa shape index (κ1) is 9.19. The zero-order valence-electron chi connectivity index (χ0n) is 6.30. The van der Waals surface area contributed by atoms with E-state index < -0.39 is 5.82 Å². The fraction of sp³-hybridized carbons (Fsp3) is 0.125. The Morgan fingerprint density at radius 2 is 2.25 bits per heavy atom. The monoisotopic (exact) mass is 232 g/mol. The first-order valence-electron chi connectivity index (χ1n) is 3.18. The lowest BCUT2D eigenvalue weighted by molar-refractivity contribution is 0.111. The van der Waals surface area contributed by atoms with Crippen molar-refractivity contribution in [3.8, 4) is 5.75 Å². The van der Waals surface area contributed by atoms with Crippen LogP contribution in [0.15, 0.2) is 16.6 Å². The first-order chi connectivity index (χ1) is 5.70. The van der Waals surface area contributed by atoms with Crippen LogP contribution >= 0.6 is 15.9 Å². The summed E-state index contributed by atoms with van der Waals surface area (Å²) in [7, 11) is 1.34. The quantitative estimate of drug-likeness (QED) is 0.733. The number of hydrogen-bond acceptors (Lipinski definition) is 2. The van der Waals surface area contributed by atoms with E-state index >= 15 is 0 Å². The van der Waals surface area contributed by atoms with Crippen molar-refractivity contribution in [2.24, 2.45) is 0 Å². The molecule has 1 aromatic carbocycles. The molecule has 0 bridgehead atoms. The van der Waals surface area contributed by atoms with Crippen LogP contribution in [0.3, 0.4) is 0 Å².